The third-order valence-electron chi connectivity index (χ3n) is 3.07. The maximum Gasteiger partial charge on any atom is 0.319 e. The lowest BCUT2D eigenvalue weighted by atomic mass is 10.1. The van der Waals surface area contributed by atoms with Crippen LogP contribution < -0.4 is 10.1 Å². The Balaban J connectivity index is 1.87. The van der Waals surface area contributed by atoms with Gasteiger partial charge in [0, 0.05) is 0 Å². The van der Waals surface area contributed by atoms with Crippen LogP contribution in [0.15, 0.2) is 28.6 Å². The van der Waals surface area contributed by atoms with Crippen molar-refractivity contribution in [2.75, 3.05) is 19.0 Å². The smallest absolute Gasteiger partial charge is 0.319 e. The van der Waals surface area contributed by atoms with Gasteiger partial charge in [0.05, 0.1) is 20.1 Å². The van der Waals surface area contributed by atoms with Crippen molar-refractivity contribution in [1.82, 2.24) is 10.2 Å². The van der Waals surface area contributed by atoms with Gasteiger partial charge >= 0.3 is 5.97 Å². The molecule has 1 N–H and O–H groups in total. The van der Waals surface area contributed by atoms with Crippen LogP contribution >= 0.6 is 23.1 Å². The molecule has 25 heavy (non-hydrogen) atoms. The minimum atomic E-state index is -0.379. The van der Waals surface area contributed by atoms with E-state index in [1.807, 2.05) is 12.1 Å². The predicted molar refractivity (Wildman–Crippen MR) is 97.2 cm³/mol. The summed E-state index contributed by atoms with van der Waals surface area (Å²) >= 11 is 2.48. The average molecular weight is 381 g/mol. The Bertz CT molecular complexity index is 718. The molecule has 0 aliphatic rings. The van der Waals surface area contributed by atoms with Crippen LogP contribution in [0.1, 0.15) is 19.4 Å². The van der Waals surface area contributed by atoms with Crippen molar-refractivity contribution in [2.24, 2.45) is 0 Å². The number of benzene rings is 1. The number of aromatic nitrogens is 2. The average Bonchev–Trinajstić information content (AvgIpc) is 3.02. The molecule has 7 nitrogen and oxygen atoms in total. The van der Waals surface area contributed by atoms with Crippen molar-refractivity contribution in [2.45, 2.75) is 29.9 Å². The van der Waals surface area contributed by atoms with Gasteiger partial charge in [-0.3, -0.25) is 9.59 Å². The number of carbonyl (C=O) groups is 2. The summed E-state index contributed by atoms with van der Waals surface area (Å²) in [5.41, 5.74) is 0.869. The highest BCUT2D eigenvalue weighted by molar-refractivity contribution is 8.02. The molecule has 1 atom stereocenters. The first-order chi connectivity index (χ1) is 12.0. The number of hydrogen-bond acceptors (Lipinski definition) is 8. The van der Waals surface area contributed by atoms with Crippen molar-refractivity contribution in [3.05, 3.63) is 29.8 Å². The monoisotopic (exact) mass is 381 g/mol. The molecule has 134 valence electrons. The molecule has 1 aromatic carbocycles. The number of nitrogens with one attached hydrogen (secondary N) is 1. The molecule has 0 spiro atoms. The van der Waals surface area contributed by atoms with Crippen molar-refractivity contribution in [1.29, 1.82) is 0 Å². The minimum absolute atomic E-state index is 0.184. The number of methoxy groups -OCH3 is 1. The molecule has 2 rings (SSSR count). The van der Waals surface area contributed by atoms with Gasteiger partial charge in [0.2, 0.25) is 11.0 Å². The normalized spacial score (nSPS) is 11.6. The van der Waals surface area contributed by atoms with E-state index in [9.17, 15) is 9.59 Å². The van der Waals surface area contributed by atoms with Gasteiger partial charge in [0.15, 0.2) is 4.34 Å². The van der Waals surface area contributed by atoms with E-state index in [0.29, 0.717) is 16.1 Å². The first-order valence-electron chi connectivity index (χ1n) is 7.61. The van der Waals surface area contributed by atoms with Crippen molar-refractivity contribution >= 4 is 40.1 Å². The SMILES string of the molecule is CCOC(=O)[C@@H](C)Sc1nnc(NC(=O)Cc2ccc(OC)cc2)s1. The molecule has 0 bridgehead atoms. The van der Waals surface area contributed by atoms with Crippen LogP contribution in [0.25, 0.3) is 0 Å². The topological polar surface area (TPSA) is 90.4 Å². The highest BCUT2D eigenvalue weighted by Crippen LogP contribution is 2.29. The van der Waals surface area contributed by atoms with E-state index >= 15 is 0 Å². The molecular weight excluding hydrogens is 362 g/mol. The third kappa shape index (κ3) is 6.02. The zero-order valence-corrected chi connectivity index (χ0v) is 15.8. The second-order valence-electron chi connectivity index (χ2n) is 4.96. The van der Waals surface area contributed by atoms with E-state index in [2.05, 4.69) is 15.5 Å². The summed E-state index contributed by atoms with van der Waals surface area (Å²) in [7, 11) is 1.59. The van der Waals surface area contributed by atoms with Crippen molar-refractivity contribution in [3.8, 4) is 5.75 Å². The molecule has 0 saturated carbocycles. The standard InChI is InChI=1S/C16H19N3O4S2/c1-4-23-14(21)10(2)24-16-19-18-15(25-16)17-13(20)9-11-5-7-12(22-3)8-6-11/h5-8,10H,4,9H2,1-3H3,(H,17,18,20)/t10-/m1/s1. The minimum Gasteiger partial charge on any atom is -0.497 e. The molecule has 0 aliphatic carbocycles. The van der Waals surface area contributed by atoms with Crippen molar-refractivity contribution in [3.63, 3.8) is 0 Å². The molecule has 1 aromatic heterocycles. The van der Waals surface area contributed by atoms with Gasteiger partial charge in [0.1, 0.15) is 11.0 Å². The maximum atomic E-state index is 12.1. The fourth-order valence-corrected chi connectivity index (χ4v) is 3.77. The lowest BCUT2D eigenvalue weighted by Crippen LogP contribution is -2.16. The van der Waals surface area contributed by atoms with Gasteiger partial charge < -0.3 is 14.8 Å². The number of nitrogens with zero attached hydrogens (tertiary/aromatic N) is 2. The van der Waals surface area contributed by atoms with Crippen LogP contribution in [0, 0.1) is 0 Å². The largest absolute Gasteiger partial charge is 0.497 e. The van der Waals surface area contributed by atoms with Gasteiger partial charge in [-0.05, 0) is 31.5 Å². The molecule has 1 amide bonds. The van der Waals surface area contributed by atoms with Crippen LogP contribution in [-0.4, -0.2) is 41.0 Å². The Morgan fingerprint density at radius 1 is 1.28 bits per heavy atom. The molecular formula is C16H19N3O4S2. The Kier molecular flexibility index (Phi) is 7.20. The maximum absolute atomic E-state index is 12.1. The van der Waals surface area contributed by atoms with Crippen LogP contribution in [-0.2, 0) is 20.7 Å². The molecule has 2 aromatic rings. The zero-order chi connectivity index (χ0) is 18.2. The first-order valence-corrected chi connectivity index (χ1v) is 9.31. The second kappa shape index (κ2) is 9.38. The molecule has 0 fully saturated rings. The fourth-order valence-electron chi connectivity index (χ4n) is 1.86. The number of hydrogen-bond donors (Lipinski definition) is 1. The highest BCUT2D eigenvalue weighted by Gasteiger charge is 2.18. The van der Waals surface area contributed by atoms with E-state index in [1.165, 1.54) is 23.1 Å². The second-order valence-corrected chi connectivity index (χ2v) is 7.52. The van der Waals surface area contributed by atoms with Gasteiger partial charge in [-0.1, -0.05) is 35.2 Å². The van der Waals surface area contributed by atoms with E-state index in [4.69, 9.17) is 9.47 Å². The van der Waals surface area contributed by atoms with Gasteiger partial charge in [-0.15, -0.1) is 10.2 Å². The summed E-state index contributed by atoms with van der Waals surface area (Å²) in [4.78, 5) is 23.7. The van der Waals surface area contributed by atoms with E-state index in [0.717, 1.165) is 11.3 Å². The molecule has 9 heteroatoms. The van der Waals surface area contributed by atoms with Gasteiger partial charge in [0.25, 0.3) is 0 Å². The Hall–Kier alpha value is -2.13. The highest BCUT2D eigenvalue weighted by atomic mass is 32.2. The molecule has 1 heterocycles. The summed E-state index contributed by atoms with van der Waals surface area (Å²) in [6.07, 6.45) is 0.227. The zero-order valence-electron chi connectivity index (χ0n) is 14.1. The quantitative estimate of drug-likeness (QED) is 0.427. The number of esters is 1. The van der Waals surface area contributed by atoms with E-state index in [-0.39, 0.29) is 23.5 Å². The van der Waals surface area contributed by atoms with Crippen LogP contribution in [0.2, 0.25) is 0 Å². The van der Waals surface area contributed by atoms with Gasteiger partial charge in [-0.2, -0.15) is 0 Å². The molecule has 0 radical (unpaired) electrons. The lowest BCUT2D eigenvalue weighted by Gasteiger charge is -2.06. The molecule has 0 unspecified atom stereocenters. The number of rotatable bonds is 8. The van der Waals surface area contributed by atoms with Crippen LogP contribution in [0.5, 0.6) is 5.75 Å². The molecule has 0 saturated heterocycles. The number of carbonyl (C=O) groups excluding carboxylic acids is 2. The van der Waals surface area contributed by atoms with Crippen molar-refractivity contribution < 1.29 is 19.1 Å². The van der Waals surface area contributed by atoms with E-state index < -0.39 is 0 Å². The summed E-state index contributed by atoms with van der Waals surface area (Å²) in [6.45, 7) is 3.84. The Morgan fingerprint density at radius 3 is 2.64 bits per heavy atom. The lowest BCUT2D eigenvalue weighted by molar-refractivity contribution is -0.142. The number of ether oxygens (including phenoxy) is 2. The number of thioether (sulfide) groups is 1. The number of anilines is 1. The predicted octanol–water partition coefficient (Wildman–Crippen LogP) is 2.77. The third-order valence-corrected chi connectivity index (χ3v) is 5.07. The van der Waals surface area contributed by atoms with Crippen LogP contribution in [0.4, 0.5) is 5.13 Å². The molecule has 0 aliphatic heterocycles. The fraction of sp³-hybridized carbons (Fsp3) is 0.375. The van der Waals surface area contributed by atoms with Gasteiger partial charge in [-0.25, -0.2) is 0 Å². The number of amides is 1. The Morgan fingerprint density at radius 2 is 2.00 bits per heavy atom. The van der Waals surface area contributed by atoms with Crippen LogP contribution in [0.3, 0.4) is 0 Å². The summed E-state index contributed by atoms with van der Waals surface area (Å²) in [5, 5.41) is 10.6. The summed E-state index contributed by atoms with van der Waals surface area (Å²) < 4.78 is 10.6. The first kappa shape index (κ1) is 19.2. The summed E-state index contributed by atoms with van der Waals surface area (Å²) in [5.74, 6) is 0.259. The Labute approximate surface area is 154 Å². The summed E-state index contributed by atoms with van der Waals surface area (Å²) in [6, 6.07) is 7.28. The van der Waals surface area contributed by atoms with E-state index in [1.54, 1.807) is 33.1 Å².